The van der Waals surface area contributed by atoms with Crippen molar-refractivity contribution in [1.29, 1.82) is 0 Å². The van der Waals surface area contributed by atoms with Crippen LogP contribution in [0.3, 0.4) is 0 Å². The second-order valence-electron chi connectivity index (χ2n) is 7.85. The zero-order valence-corrected chi connectivity index (χ0v) is 19.5. The van der Waals surface area contributed by atoms with Gasteiger partial charge in [-0.1, -0.05) is 39.7 Å². The molecule has 2 atom stereocenters. The van der Waals surface area contributed by atoms with Gasteiger partial charge in [0, 0.05) is 16.1 Å². The summed E-state index contributed by atoms with van der Waals surface area (Å²) in [5.41, 5.74) is 1.23. The Morgan fingerprint density at radius 2 is 1.97 bits per heavy atom. The van der Waals surface area contributed by atoms with E-state index in [1.807, 2.05) is 0 Å². The lowest BCUT2D eigenvalue weighted by Gasteiger charge is -2.50. The first-order valence-corrected chi connectivity index (χ1v) is 11.7. The van der Waals surface area contributed by atoms with Crippen LogP contribution in [-0.4, -0.2) is 50.8 Å². The number of β-lactam (4-membered cyclic amide) rings is 1. The number of amides is 2. The number of carbonyl (C=O) groups is 3. The number of esters is 1. The van der Waals surface area contributed by atoms with Crippen molar-refractivity contribution in [3.05, 3.63) is 46.1 Å². The summed E-state index contributed by atoms with van der Waals surface area (Å²) < 4.78 is 5.50. The molecule has 1 saturated heterocycles. The summed E-state index contributed by atoms with van der Waals surface area (Å²) in [6.07, 6.45) is 0.153. The fourth-order valence-electron chi connectivity index (χ4n) is 3.11. The van der Waals surface area contributed by atoms with Crippen molar-refractivity contribution < 1.29 is 19.1 Å². The van der Waals surface area contributed by atoms with E-state index in [9.17, 15) is 14.4 Å². The Morgan fingerprint density at radius 1 is 1.31 bits per heavy atom. The molecular formula is C20H22BrClN2O4S. The van der Waals surface area contributed by atoms with E-state index in [-0.39, 0.29) is 29.3 Å². The van der Waals surface area contributed by atoms with Crippen molar-refractivity contribution in [2.45, 2.75) is 44.2 Å². The van der Waals surface area contributed by atoms with Gasteiger partial charge >= 0.3 is 5.97 Å². The first kappa shape index (κ1) is 22.2. The normalized spacial score (nSPS) is 21.4. The van der Waals surface area contributed by atoms with Crippen LogP contribution >= 0.6 is 39.3 Å². The minimum absolute atomic E-state index is 0.153. The van der Waals surface area contributed by atoms with Gasteiger partial charge in [-0.05, 0) is 44.0 Å². The average molecular weight is 502 g/mol. The lowest BCUT2D eigenvalue weighted by molar-refractivity contribution is -0.159. The second kappa shape index (κ2) is 8.70. The number of fused-ring (bicyclic) bond motifs is 1. The quantitative estimate of drug-likeness (QED) is 0.381. The Labute approximate surface area is 187 Å². The number of hydrogen-bond acceptors (Lipinski definition) is 5. The minimum atomic E-state index is -0.665. The number of hydrogen-bond donors (Lipinski definition) is 1. The van der Waals surface area contributed by atoms with Gasteiger partial charge in [-0.3, -0.25) is 14.5 Å². The van der Waals surface area contributed by atoms with E-state index in [1.54, 1.807) is 45.0 Å². The van der Waals surface area contributed by atoms with Crippen LogP contribution in [0, 0.1) is 0 Å². The van der Waals surface area contributed by atoms with Crippen LogP contribution in [0.5, 0.6) is 0 Å². The lowest BCUT2D eigenvalue weighted by atomic mass is 10.0. The average Bonchev–Trinajstić information content (AvgIpc) is 2.65. The van der Waals surface area contributed by atoms with E-state index in [0.717, 1.165) is 11.1 Å². The molecule has 6 nitrogen and oxygen atoms in total. The van der Waals surface area contributed by atoms with Crippen LogP contribution in [-0.2, 0) is 25.5 Å². The molecule has 0 aliphatic carbocycles. The van der Waals surface area contributed by atoms with Gasteiger partial charge < -0.3 is 10.1 Å². The predicted octanol–water partition coefficient (Wildman–Crippen LogP) is 3.27. The smallest absolute Gasteiger partial charge is 0.355 e. The summed E-state index contributed by atoms with van der Waals surface area (Å²) in [5, 5.41) is 3.55. The summed E-state index contributed by atoms with van der Waals surface area (Å²) in [7, 11) is 0. The number of halogens is 2. The van der Waals surface area contributed by atoms with Crippen molar-refractivity contribution >= 4 is 57.1 Å². The molecule has 1 fully saturated rings. The Morgan fingerprint density at radius 3 is 2.55 bits per heavy atom. The highest BCUT2D eigenvalue weighted by Crippen LogP contribution is 2.41. The standard InChI is InChI=1S/C20H22BrClN2O4S/c1-20(2,3)28-19(27)16-12(9-21)10-29-18-15(17(26)24(16)18)23-14(25)8-11-4-6-13(22)7-5-11/h4-7,15,18H,8-10H2,1-3H3,(H,23,25)/t15?,18-/m0/s1. The van der Waals surface area contributed by atoms with E-state index < -0.39 is 17.6 Å². The van der Waals surface area contributed by atoms with Gasteiger partial charge in [-0.25, -0.2) is 4.79 Å². The first-order chi connectivity index (χ1) is 13.6. The number of ether oxygens (including phenoxy) is 1. The SMILES string of the molecule is CC(C)(C)OC(=O)C1=C(CBr)CS[C@H]2C(NC(=O)Cc3ccc(Cl)cc3)C(=O)N12. The number of nitrogens with zero attached hydrogens (tertiary/aromatic N) is 1. The molecule has 9 heteroatoms. The molecule has 1 aromatic rings. The van der Waals surface area contributed by atoms with Crippen molar-refractivity contribution in [1.82, 2.24) is 10.2 Å². The molecule has 2 heterocycles. The number of alkyl halides is 1. The maximum atomic E-state index is 12.8. The number of benzene rings is 1. The van der Waals surface area contributed by atoms with E-state index >= 15 is 0 Å². The largest absolute Gasteiger partial charge is 0.455 e. The minimum Gasteiger partial charge on any atom is -0.455 e. The Balaban J connectivity index is 1.70. The summed E-state index contributed by atoms with van der Waals surface area (Å²) >= 11 is 10.8. The van der Waals surface area contributed by atoms with Crippen molar-refractivity contribution in [3.8, 4) is 0 Å². The molecule has 0 saturated carbocycles. The van der Waals surface area contributed by atoms with Crippen LogP contribution < -0.4 is 5.32 Å². The van der Waals surface area contributed by atoms with Gasteiger partial charge in [0.15, 0.2) is 0 Å². The molecule has 0 bridgehead atoms. The molecule has 3 rings (SSSR count). The zero-order valence-electron chi connectivity index (χ0n) is 16.3. The maximum Gasteiger partial charge on any atom is 0.355 e. The molecule has 1 unspecified atom stereocenters. The van der Waals surface area contributed by atoms with Crippen LogP contribution in [0.1, 0.15) is 26.3 Å². The molecule has 0 aromatic heterocycles. The van der Waals surface area contributed by atoms with E-state index in [4.69, 9.17) is 16.3 Å². The van der Waals surface area contributed by atoms with Gasteiger partial charge in [-0.15, -0.1) is 11.8 Å². The number of carbonyl (C=O) groups excluding carboxylic acids is 3. The molecule has 1 N–H and O–H groups in total. The van der Waals surface area contributed by atoms with Crippen LogP contribution in [0.25, 0.3) is 0 Å². The topological polar surface area (TPSA) is 75.7 Å². The third kappa shape index (κ3) is 4.98. The summed E-state index contributed by atoms with van der Waals surface area (Å²) in [6.45, 7) is 5.35. The fourth-order valence-corrected chi connectivity index (χ4v) is 5.31. The van der Waals surface area contributed by atoms with Crippen molar-refractivity contribution in [3.63, 3.8) is 0 Å². The molecule has 2 aliphatic heterocycles. The molecule has 2 aliphatic rings. The molecule has 0 spiro atoms. The highest BCUT2D eigenvalue weighted by Gasteiger charge is 2.54. The summed E-state index contributed by atoms with van der Waals surface area (Å²) in [6, 6.07) is 6.33. The predicted molar refractivity (Wildman–Crippen MR) is 117 cm³/mol. The van der Waals surface area contributed by atoms with Crippen LogP contribution in [0.4, 0.5) is 0 Å². The number of nitrogens with one attached hydrogen (secondary N) is 1. The summed E-state index contributed by atoms with van der Waals surface area (Å²) in [4.78, 5) is 39.4. The van der Waals surface area contributed by atoms with E-state index in [1.165, 1.54) is 16.7 Å². The van der Waals surface area contributed by atoms with E-state index in [0.29, 0.717) is 16.1 Å². The molecular weight excluding hydrogens is 480 g/mol. The summed E-state index contributed by atoms with van der Waals surface area (Å²) in [5.74, 6) is -0.486. The highest BCUT2D eigenvalue weighted by molar-refractivity contribution is 9.09. The maximum absolute atomic E-state index is 12.8. The van der Waals surface area contributed by atoms with Crippen LogP contribution in [0.15, 0.2) is 35.5 Å². The van der Waals surface area contributed by atoms with Gasteiger partial charge in [0.2, 0.25) is 5.91 Å². The van der Waals surface area contributed by atoms with Gasteiger partial charge in [0.25, 0.3) is 5.91 Å². The third-order valence-corrected chi connectivity index (χ3v) is 6.66. The van der Waals surface area contributed by atoms with Gasteiger partial charge in [0.1, 0.15) is 22.7 Å². The van der Waals surface area contributed by atoms with Crippen molar-refractivity contribution in [2.24, 2.45) is 0 Å². The fraction of sp³-hybridized carbons (Fsp3) is 0.450. The third-order valence-electron chi connectivity index (χ3n) is 4.40. The molecule has 29 heavy (non-hydrogen) atoms. The molecule has 1 aromatic carbocycles. The lowest BCUT2D eigenvalue weighted by Crippen LogP contribution is -2.70. The highest BCUT2D eigenvalue weighted by atomic mass is 79.9. The van der Waals surface area contributed by atoms with Gasteiger partial charge in [-0.2, -0.15) is 0 Å². The number of thioether (sulfide) groups is 1. The Hall–Kier alpha value is -1.51. The molecule has 0 radical (unpaired) electrons. The molecule has 156 valence electrons. The number of rotatable bonds is 5. The zero-order chi connectivity index (χ0) is 21.3. The Bertz CT molecular complexity index is 866. The van der Waals surface area contributed by atoms with E-state index in [2.05, 4.69) is 21.2 Å². The van der Waals surface area contributed by atoms with Crippen LogP contribution in [0.2, 0.25) is 5.02 Å². The monoisotopic (exact) mass is 500 g/mol. The van der Waals surface area contributed by atoms with Gasteiger partial charge in [0.05, 0.1) is 6.42 Å². The van der Waals surface area contributed by atoms with Crippen molar-refractivity contribution in [2.75, 3.05) is 11.1 Å². The first-order valence-electron chi connectivity index (χ1n) is 9.10. The Kier molecular flexibility index (Phi) is 6.65. The second-order valence-corrected chi connectivity index (χ2v) is 9.95. The molecule has 2 amide bonds.